The third-order valence-corrected chi connectivity index (χ3v) is 2.67. The van der Waals surface area contributed by atoms with Gasteiger partial charge in [0.15, 0.2) is 0 Å². The van der Waals surface area contributed by atoms with Crippen LogP contribution in [0.5, 0.6) is 0 Å². The van der Waals surface area contributed by atoms with Gasteiger partial charge in [0.2, 0.25) is 5.91 Å². The van der Waals surface area contributed by atoms with Gasteiger partial charge in [-0.05, 0) is 30.7 Å². The lowest BCUT2D eigenvalue weighted by Crippen LogP contribution is -2.36. The van der Waals surface area contributed by atoms with E-state index in [1.165, 1.54) is 6.07 Å². The predicted octanol–water partition coefficient (Wildman–Crippen LogP) is 1.49. The first kappa shape index (κ1) is 15.4. The molecule has 19 heavy (non-hydrogen) atoms. The molecule has 4 nitrogen and oxygen atoms in total. The third kappa shape index (κ3) is 4.87. The molecule has 106 valence electrons. The minimum absolute atomic E-state index is 0.0282. The Morgan fingerprint density at radius 2 is 2.16 bits per heavy atom. The molecular weight excluding hydrogens is 245 g/mol. The second-order valence-corrected chi connectivity index (χ2v) is 5.06. The zero-order chi connectivity index (χ0) is 14.4. The number of benzene rings is 1. The summed E-state index contributed by atoms with van der Waals surface area (Å²) in [6, 6.07) is 5.04. The minimum atomic E-state index is -0.459. The van der Waals surface area contributed by atoms with E-state index in [0.29, 0.717) is 24.7 Å². The summed E-state index contributed by atoms with van der Waals surface area (Å²) in [6.07, 6.45) is 0. The average molecular weight is 267 g/mol. The quantitative estimate of drug-likeness (QED) is 0.787. The predicted molar refractivity (Wildman–Crippen MR) is 75.4 cm³/mol. The summed E-state index contributed by atoms with van der Waals surface area (Å²) < 4.78 is 14.1. The van der Waals surface area contributed by atoms with Gasteiger partial charge in [-0.15, -0.1) is 0 Å². The van der Waals surface area contributed by atoms with Crippen molar-refractivity contribution in [2.45, 2.75) is 20.4 Å². The summed E-state index contributed by atoms with van der Waals surface area (Å²) in [6.45, 7) is 5.26. The zero-order valence-corrected chi connectivity index (χ0v) is 11.7. The van der Waals surface area contributed by atoms with Gasteiger partial charge in [0.05, 0.1) is 12.2 Å². The summed E-state index contributed by atoms with van der Waals surface area (Å²) in [5.74, 6) is -0.468. The Hall–Kier alpha value is -1.62. The summed E-state index contributed by atoms with van der Waals surface area (Å²) in [5, 5.41) is 2.97. The highest BCUT2D eigenvalue weighted by atomic mass is 19.1. The fourth-order valence-corrected chi connectivity index (χ4v) is 2.00. The maximum absolute atomic E-state index is 14.1. The summed E-state index contributed by atoms with van der Waals surface area (Å²) in [5.41, 5.74) is 6.51. The molecule has 5 heteroatoms. The number of carbonyl (C=O) groups is 1. The SMILES string of the molecule is CNCc1ccc(N(CC(N)=O)CC(C)C)c(F)c1. The number of nitrogens with one attached hydrogen (secondary N) is 1. The molecule has 3 N–H and O–H groups in total. The molecule has 0 saturated carbocycles. The van der Waals surface area contributed by atoms with Crippen LogP contribution in [0.3, 0.4) is 0 Å². The largest absolute Gasteiger partial charge is 0.368 e. The van der Waals surface area contributed by atoms with Gasteiger partial charge in [-0.25, -0.2) is 4.39 Å². The van der Waals surface area contributed by atoms with Crippen LogP contribution in [0.2, 0.25) is 0 Å². The van der Waals surface area contributed by atoms with E-state index < -0.39 is 5.91 Å². The van der Waals surface area contributed by atoms with Crippen molar-refractivity contribution in [3.8, 4) is 0 Å². The average Bonchev–Trinajstić information content (AvgIpc) is 2.27. The van der Waals surface area contributed by atoms with Crippen LogP contribution in [0.4, 0.5) is 10.1 Å². The van der Waals surface area contributed by atoms with Crippen LogP contribution < -0.4 is 16.0 Å². The van der Waals surface area contributed by atoms with Gasteiger partial charge in [-0.3, -0.25) is 4.79 Å². The highest BCUT2D eigenvalue weighted by Crippen LogP contribution is 2.21. The number of rotatable bonds is 7. The number of amides is 1. The number of primary amides is 1. The molecule has 0 heterocycles. The summed E-state index contributed by atoms with van der Waals surface area (Å²) >= 11 is 0. The molecule has 0 atom stereocenters. The Labute approximate surface area is 113 Å². The lowest BCUT2D eigenvalue weighted by atomic mass is 10.1. The van der Waals surface area contributed by atoms with Crippen LogP contribution in [0, 0.1) is 11.7 Å². The zero-order valence-electron chi connectivity index (χ0n) is 11.7. The molecule has 0 aliphatic rings. The number of hydrogen-bond donors (Lipinski definition) is 2. The van der Waals surface area contributed by atoms with Gasteiger partial charge in [0, 0.05) is 13.1 Å². The Morgan fingerprint density at radius 1 is 1.47 bits per heavy atom. The van der Waals surface area contributed by atoms with Gasteiger partial charge in [-0.2, -0.15) is 0 Å². The number of carbonyl (C=O) groups excluding carboxylic acids is 1. The van der Waals surface area contributed by atoms with E-state index in [1.54, 1.807) is 11.0 Å². The van der Waals surface area contributed by atoms with E-state index >= 15 is 0 Å². The van der Waals surface area contributed by atoms with Crippen molar-refractivity contribution in [1.82, 2.24) is 5.32 Å². The van der Waals surface area contributed by atoms with Gasteiger partial charge < -0.3 is 16.0 Å². The maximum Gasteiger partial charge on any atom is 0.236 e. The lowest BCUT2D eigenvalue weighted by molar-refractivity contribution is -0.116. The van der Waals surface area contributed by atoms with Crippen molar-refractivity contribution in [2.75, 3.05) is 25.0 Å². The van der Waals surface area contributed by atoms with Gasteiger partial charge in [0.25, 0.3) is 0 Å². The van der Waals surface area contributed by atoms with Crippen LogP contribution in [0.25, 0.3) is 0 Å². The number of halogens is 1. The third-order valence-electron chi connectivity index (χ3n) is 2.67. The fraction of sp³-hybridized carbons (Fsp3) is 0.500. The Balaban J connectivity index is 2.97. The fourth-order valence-electron chi connectivity index (χ4n) is 2.00. The molecule has 0 aromatic heterocycles. The van der Waals surface area contributed by atoms with E-state index in [9.17, 15) is 9.18 Å². The van der Waals surface area contributed by atoms with E-state index in [4.69, 9.17) is 5.73 Å². The first-order valence-electron chi connectivity index (χ1n) is 6.40. The molecule has 0 spiro atoms. The molecule has 1 aromatic carbocycles. The number of nitrogens with zero attached hydrogens (tertiary/aromatic N) is 1. The minimum Gasteiger partial charge on any atom is -0.368 e. The number of nitrogens with two attached hydrogens (primary N) is 1. The van der Waals surface area contributed by atoms with Crippen molar-refractivity contribution in [2.24, 2.45) is 11.7 Å². The smallest absolute Gasteiger partial charge is 0.236 e. The van der Waals surface area contributed by atoms with Gasteiger partial charge in [-0.1, -0.05) is 19.9 Å². The second kappa shape index (κ2) is 7.09. The van der Waals surface area contributed by atoms with Gasteiger partial charge >= 0.3 is 0 Å². The number of anilines is 1. The molecule has 1 aromatic rings. The molecule has 0 aliphatic carbocycles. The van der Waals surface area contributed by atoms with Crippen molar-refractivity contribution in [3.05, 3.63) is 29.6 Å². The normalized spacial score (nSPS) is 10.8. The summed E-state index contributed by atoms with van der Waals surface area (Å²) in [7, 11) is 1.81. The first-order chi connectivity index (χ1) is 8.93. The summed E-state index contributed by atoms with van der Waals surface area (Å²) in [4.78, 5) is 12.8. The van der Waals surface area contributed by atoms with Crippen LogP contribution in [-0.2, 0) is 11.3 Å². The van der Waals surface area contributed by atoms with Crippen LogP contribution in [-0.4, -0.2) is 26.0 Å². The van der Waals surface area contributed by atoms with Crippen LogP contribution in [0.15, 0.2) is 18.2 Å². The highest BCUT2D eigenvalue weighted by molar-refractivity contribution is 5.79. The van der Waals surface area contributed by atoms with E-state index in [1.807, 2.05) is 27.0 Å². The molecular formula is C14H22FN3O. The van der Waals surface area contributed by atoms with Crippen molar-refractivity contribution < 1.29 is 9.18 Å². The monoisotopic (exact) mass is 267 g/mol. The van der Waals surface area contributed by atoms with Crippen LogP contribution in [0.1, 0.15) is 19.4 Å². The first-order valence-corrected chi connectivity index (χ1v) is 6.40. The maximum atomic E-state index is 14.1. The Bertz CT molecular complexity index is 435. The Kier molecular flexibility index (Phi) is 5.76. The molecule has 0 fully saturated rings. The van der Waals surface area contributed by atoms with Crippen molar-refractivity contribution >= 4 is 11.6 Å². The molecule has 1 rings (SSSR count). The van der Waals surface area contributed by atoms with Crippen molar-refractivity contribution in [1.29, 1.82) is 0 Å². The molecule has 0 saturated heterocycles. The van der Waals surface area contributed by atoms with E-state index in [-0.39, 0.29) is 12.4 Å². The van der Waals surface area contributed by atoms with E-state index in [0.717, 1.165) is 5.56 Å². The second-order valence-electron chi connectivity index (χ2n) is 5.06. The highest BCUT2D eigenvalue weighted by Gasteiger charge is 2.15. The lowest BCUT2D eigenvalue weighted by Gasteiger charge is -2.26. The van der Waals surface area contributed by atoms with Crippen molar-refractivity contribution in [3.63, 3.8) is 0 Å². The van der Waals surface area contributed by atoms with Crippen LogP contribution >= 0.6 is 0 Å². The molecule has 0 unspecified atom stereocenters. The molecule has 0 bridgehead atoms. The Morgan fingerprint density at radius 3 is 2.63 bits per heavy atom. The number of hydrogen-bond acceptors (Lipinski definition) is 3. The topological polar surface area (TPSA) is 58.4 Å². The van der Waals surface area contributed by atoms with E-state index in [2.05, 4.69) is 5.32 Å². The molecule has 1 amide bonds. The molecule has 0 radical (unpaired) electrons. The standard InChI is InChI=1S/C14H22FN3O/c1-10(2)8-18(9-14(16)19)13-5-4-11(7-17-3)6-12(13)15/h4-6,10,17H,7-9H2,1-3H3,(H2,16,19). The van der Waals surface area contributed by atoms with Gasteiger partial charge in [0.1, 0.15) is 5.82 Å². The molecule has 0 aliphatic heterocycles.